The number of hydrogen-bond acceptors (Lipinski definition) is 6. The van der Waals surface area contributed by atoms with Gasteiger partial charge in [-0.3, -0.25) is 9.88 Å². The van der Waals surface area contributed by atoms with Crippen molar-refractivity contribution in [2.75, 3.05) is 46.6 Å². The molecular weight excluding hydrogens is 478 g/mol. The van der Waals surface area contributed by atoms with Crippen LogP contribution in [0.3, 0.4) is 0 Å². The molecular formula is C24H23F4N7O. The van der Waals surface area contributed by atoms with E-state index in [0.29, 0.717) is 48.1 Å². The number of aromatic nitrogens is 3. The largest absolute Gasteiger partial charge is 0.393 e. The number of carbonyl (C=O) groups is 1. The van der Waals surface area contributed by atoms with Crippen LogP contribution in [0.5, 0.6) is 0 Å². The Morgan fingerprint density at radius 2 is 2.00 bits per heavy atom. The van der Waals surface area contributed by atoms with E-state index in [1.807, 2.05) is 6.07 Å². The molecule has 2 N–H and O–H groups in total. The molecule has 0 aliphatic carbocycles. The molecule has 2 aliphatic heterocycles. The average Bonchev–Trinajstić information content (AvgIpc) is 3.26. The molecule has 8 nitrogen and oxygen atoms in total. The number of carbonyl (C=O) groups excluding carboxylic acids is 1. The highest BCUT2D eigenvalue weighted by Gasteiger charge is 2.43. The van der Waals surface area contributed by atoms with Crippen LogP contribution in [0, 0.1) is 11.7 Å². The van der Waals surface area contributed by atoms with Crippen LogP contribution < -0.4 is 20.4 Å². The first-order chi connectivity index (χ1) is 17.3. The summed E-state index contributed by atoms with van der Waals surface area (Å²) in [6, 6.07) is 7.71. The fraction of sp³-hybridized carbons (Fsp3) is 0.333. The summed E-state index contributed by atoms with van der Waals surface area (Å²) in [5.74, 6) is -1.11. The van der Waals surface area contributed by atoms with Gasteiger partial charge in [0.1, 0.15) is 11.6 Å². The molecule has 1 fully saturated rings. The van der Waals surface area contributed by atoms with Crippen LogP contribution in [0.1, 0.15) is 12.8 Å². The Hall–Kier alpha value is -3.96. The van der Waals surface area contributed by atoms with Gasteiger partial charge in [0.05, 0.1) is 35.4 Å². The Morgan fingerprint density at radius 1 is 1.14 bits per heavy atom. The highest BCUT2D eigenvalue weighted by Crippen LogP contribution is 2.36. The lowest BCUT2D eigenvalue weighted by Gasteiger charge is -2.22. The summed E-state index contributed by atoms with van der Waals surface area (Å²) in [5.41, 5.74) is 2.08. The molecule has 5 rings (SSSR count). The Labute approximate surface area is 204 Å². The molecule has 1 atom stereocenters. The molecule has 1 unspecified atom stereocenters. The molecule has 12 heteroatoms. The highest BCUT2D eigenvalue weighted by atomic mass is 19.4. The minimum atomic E-state index is -4.23. The number of amides is 2. The number of alkyl halides is 3. The van der Waals surface area contributed by atoms with E-state index >= 15 is 0 Å². The lowest BCUT2D eigenvalue weighted by atomic mass is 10.1. The van der Waals surface area contributed by atoms with Crippen molar-refractivity contribution in [3.63, 3.8) is 0 Å². The summed E-state index contributed by atoms with van der Waals surface area (Å²) >= 11 is 0. The van der Waals surface area contributed by atoms with Gasteiger partial charge in [-0.15, -0.1) is 0 Å². The monoisotopic (exact) mass is 501 g/mol. The molecule has 0 saturated carbocycles. The summed E-state index contributed by atoms with van der Waals surface area (Å²) in [7, 11) is 0. The van der Waals surface area contributed by atoms with Crippen LogP contribution in [0.15, 0.2) is 48.9 Å². The quantitative estimate of drug-likeness (QED) is 0.496. The van der Waals surface area contributed by atoms with E-state index in [4.69, 9.17) is 4.98 Å². The van der Waals surface area contributed by atoms with Crippen molar-refractivity contribution < 1.29 is 22.4 Å². The first-order valence-corrected chi connectivity index (χ1v) is 11.5. The van der Waals surface area contributed by atoms with Gasteiger partial charge in [-0.2, -0.15) is 13.2 Å². The third-order valence-electron chi connectivity index (χ3n) is 6.22. The predicted molar refractivity (Wildman–Crippen MR) is 128 cm³/mol. The molecule has 2 aliphatic rings. The fourth-order valence-corrected chi connectivity index (χ4v) is 4.37. The molecule has 0 aromatic carbocycles. The second kappa shape index (κ2) is 9.59. The molecule has 1 saturated heterocycles. The van der Waals surface area contributed by atoms with Crippen LogP contribution in [0.4, 0.5) is 45.4 Å². The Morgan fingerprint density at radius 3 is 2.78 bits per heavy atom. The third-order valence-corrected chi connectivity index (χ3v) is 6.22. The van der Waals surface area contributed by atoms with Crippen molar-refractivity contribution in [3.05, 3.63) is 54.7 Å². The standard InChI is InChI=1S/C24H23F4N7O/c25-17-11-18(13-29-12-17)32-23(36)35-8-1-6-30-20-3-2-19(33-22(20)35)15-4-7-31-21(10-15)34-9-5-16(14-34)24(26,27)28/h2-4,7,10-13,16,30H,1,5-6,8-9,14H2,(H,32,36). The van der Waals surface area contributed by atoms with Gasteiger partial charge in [0, 0.05) is 44.0 Å². The Balaban J connectivity index is 1.41. The number of pyridine rings is 3. The first-order valence-electron chi connectivity index (χ1n) is 11.5. The van der Waals surface area contributed by atoms with Crippen LogP contribution >= 0.6 is 0 Å². The molecule has 0 spiro atoms. The maximum absolute atomic E-state index is 13.5. The normalized spacial score (nSPS) is 17.8. The molecule has 0 radical (unpaired) electrons. The molecule has 3 aromatic heterocycles. The summed E-state index contributed by atoms with van der Waals surface area (Å²) in [5, 5.41) is 5.90. The van der Waals surface area contributed by atoms with Gasteiger partial charge in [-0.1, -0.05) is 0 Å². The minimum absolute atomic E-state index is 0.0308. The Kier molecular flexibility index (Phi) is 6.33. The average molecular weight is 501 g/mol. The van der Waals surface area contributed by atoms with Gasteiger partial charge in [0.2, 0.25) is 0 Å². The van der Waals surface area contributed by atoms with Crippen molar-refractivity contribution in [1.82, 2.24) is 15.0 Å². The Bertz CT molecular complexity index is 1270. The van der Waals surface area contributed by atoms with Gasteiger partial charge in [-0.05, 0) is 37.1 Å². The SMILES string of the molecule is O=C(Nc1cncc(F)c1)N1CCCNc2ccc(-c3ccnc(N4CCC(C(F)(F)F)C4)c3)nc21. The van der Waals surface area contributed by atoms with Gasteiger partial charge < -0.3 is 15.5 Å². The number of rotatable bonds is 3. The highest BCUT2D eigenvalue weighted by molar-refractivity contribution is 6.03. The van der Waals surface area contributed by atoms with E-state index in [2.05, 4.69) is 20.6 Å². The topological polar surface area (TPSA) is 86.3 Å². The number of hydrogen-bond donors (Lipinski definition) is 2. The second-order valence-corrected chi connectivity index (χ2v) is 8.70. The number of halogens is 4. The zero-order valence-corrected chi connectivity index (χ0v) is 19.1. The second-order valence-electron chi connectivity index (χ2n) is 8.70. The summed E-state index contributed by atoms with van der Waals surface area (Å²) in [6.45, 7) is 1.14. The van der Waals surface area contributed by atoms with Crippen molar-refractivity contribution in [1.29, 1.82) is 0 Å². The smallest absolute Gasteiger partial charge is 0.382 e. The maximum Gasteiger partial charge on any atom is 0.393 e. The molecule has 5 heterocycles. The van der Waals surface area contributed by atoms with Crippen LogP contribution in [-0.2, 0) is 0 Å². The molecule has 2 amide bonds. The number of urea groups is 1. The van der Waals surface area contributed by atoms with E-state index < -0.39 is 23.9 Å². The van der Waals surface area contributed by atoms with Gasteiger partial charge in [0.15, 0.2) is 5.82 Å². The fourth-order valence-electron chi connectivity index (χ4n) is 4.37. The van der Waals surface area contributed by atoms with Crippen molar-refractivity contribution in [2.24, 2.45) is 5.92 Å². The summed E-state index contributed by atoms with van der Waals surface area (Å²) < 4.78 is 52.9. The van der Waals surface area contributed by atoms with Gasteiger partial charge in [0.25, 0.3) is 0 Å². The first kappa shape index (κ1) is 23.8. The lowest BCUT2D eigenvalue weighted by Crippen LogP contribution is -2.36. The van der Waals surface area contributed by atoms with E-state index in [9.17, 15) is 22.4 Å². The number of nitrogens with zero attached hydrogens (tertiary/aromatic N) is 5. The van der Waals surface area contributed by atoms with Crippen molar-refractivity contribution >= 4 is 29.0 Å². The maximum atomic E-state index is 13.5. The molecule has 36 heavy (non-hydrogen) atoms. The zero-order valence-electron chi connectivity index (χ0n) is 19.1. The zero-order chi connectivity index (χ0) is 25.3. The van der Waals surface area contributed by atoms with Crippen molar-refractivity contribution in [3.8, 4) is 11.3 Å². The molecule has 0 bridgehead atoms. The number of nitrogens with one attached hydrogen (secondary N) is 2. The van der Waals surface area contributed by atoms with E-state index in [-0.39, 0.29) is 25.2 Å². The van der Waals surface area contributed by atoms with Crippen LogP contribution in [0.2, 0.25) is 0 Å². The van der Waals surface area contributed by atoms with E-state index in [1.165, 1.54) is 17.2 Å². The number of fused-ring (bicyclic) bond motifs is 1. The van der Waals surface area contributed by atoms with E-state index in [0.717, 1.165) is 6.20 Å². The number of anilines is 4. The van der Waals surface area contributed by atoms with Gasteiger partial charge in [-0.25, -0.2) is 19.2 Å². The van der Waals surface area contributed by atoms with E-state index in [1.54, 1.807) is 29.3 Å². The molecule has 188 valence electrons. The summed E-state index contributed by atoms with van der Waals surface area (Å²) in [6.07, 6.45) is 0.394. The summed E-state index contributed by atoms with van der Waals surface area (Å²) in [4.78, 5) is 28.9. The lowest BCUT2D eigenvalue weighted by molar-refractivity contribution is -0.168. The minimum Gasteiger partial charge on any atom is -0.382 e. The molecule has 3 aromatic rings. The van der Waals surface area contributed by atoms with Crippen molar-refractivity contribution in [2.45, 2.75) is 19.0 Å². The third kappa shape index (κ3) is 5.02. The van der Waals surface area contributed by atoms with Crippen LogP contribution in [0.25, 0.3) is 11.3 Å². The van der Waals surface area contributed by atoms with Crippen LogP contribution in [-0.4, -0.2) is 53.3 Å². The predicted octanol–water partition coefficient (Wildman–Crippen LogP) is 4.92. The van der Waals surface area contributed by atoms with Gasteiger partial charge >= 0.3 is 12.2 Å².